The molecule has 74 valence electrons. The third kappa shape index (κ3) is 3.11. The van der Waals surface area contributed by atoms with E-state index in [0.717, 1.165) is 0 Å². The van der Waals surface area contributed by atoms with E-state index in [0.29, 0.717) is 0 Å². The van der Waals surface area contributed by atoms with Crippen molar-refractivity contribution in [2.45, 2.75) is 0 Å². The van der Waals surface area contributed by atoms with E-state index in [2.05, 4.69) is 71.7 Å². The molecule has 0 saturated heterocycles. The maximum absolute atomic E-state index is 2.31. The summed E-state index contributed by atoms with van der Waals surface area (Å²) in [4.78, 5) is 2.31. The van der Waals surface area contributed by atoms with Gasteiger partial charge in [0.2, 0.25) is 0 Å². The Balaban J connectivity index is 2.29. The number of hydrogen-bond acceptors (Lipinski definition) is 0. The Labute approximate surface area is 97.4 Å². The standard InChI is InChI=1S/C14H13As/c1-2-7-11-14(15-12-8-3-1)13-9-5-4-6-10-13/h1-12,15H. The predicted octanol–water partition coefficient (Wildman–Crippen LogP) is 3.10. The van der Waals surface area contributed by atoms with Crippen LogP contribution in [-0.4, -0.2) is 15.8 Å². The van der Waals surface area contributed by atoms with Gasteiger partial charge in [0.25, 0.3) is 0 Å². The predicted molar refractivity (Wildman–Crippen MR) is 69.0 cm³/mol. The van der Waals surface area contributed by atoms with Crippen LogP contribution in [0.5, 0.6) is 0 Å². The Morgan fingerprint density at radius 1 is 0.733 bits per heavy atom. The molecule has 0 radical (unpaired) electrons. The zero-order chi connectivity index (χ0) is 10.3. The monoisotopic (exact) mass is 256 g/mol. The molecule has 1 aromatic carbocycles. The van der Waals surface area contributed by atoms with Crippen LogP contribution in [0.4, 0.5) is 0 Å². The SMILES string of the molecule is C1=CC=C[AsH]C(c2ccccc2)=CC=C1. The summed E-state index contributed by atoms with van der Waals surface area (Å²) in [7, 11) is 0. The van der Waals surface area contributed by atoms with Crippen molar-refractivity contribution in [1.82, 2.24) is 0 Å². The van der Waals surface area contributed by atoms with Crippen molar-refractivity contribution < 1.29 is 0 Å². The van der Waals surface area contributed by atoms with E-state index >= 15 is 0 Å². The summed E-state index contributed by atoms with van der Waals surface area (Å²) in [6.07, 6.45) is 12.7. The summed E-state index contributed by atoms with van der Waals surface area (Å²) < 4.78 is 1.48. The molecule has 15 heavy (non-hydrogen) atoms. The molecule has 1 aliphatic heterocycles. The average Bonchev–Trinajstić information content (AvgIpc) is 2.43. The topological polar surface area (TPSA) is 0 Å². The molecular weight excluding hydrogens is 243 g/mol. The zero-order valence-corrected chi connectivity index (χ0v) is 10.5. The second kappa shape index (κ2) is 5.58. The molecule has 0 spiro atoms. The van der Waals surface area contributed by atoms with Crippen molar-refractivity contribution in [2.24, 2.45) is 0 Å². The second-order valence-corrected chi connectivity index (χ2v) is 5.65. The van der Waals surface area contributed by atoms with Gasteiger partial charge in [-0.25, -0.2) is 0 Å². The first-order valence-corrected chi connectivity index (χ1v) is 7.25. The summed E-state index contributed by atoms with van der Waals surface area (Å²) >= 11 is -0.151. The van der Waals surface area contributed by atoms with Crippen LogP contribution in [0.25, 0.3) is 4.36 Å². The van der Waals surface area contributed by atoms with Gasteiger partial charge in [-0.2, -0.15) is 0 Å². The van der Waals surface area contributed by atoms with Crippen LogP contribution in [0.15, 0.2) is 71.7 Å². The molecule has 0 bridgehead atoms. The van der Waals surface area contributed by atoms with Crippen LogP contribution in [-0.2, 0) is 0 Å². The summed E-state index contributed by atoms with van der Waals surface area (Å²) in [6, 6.07) is 10.6. The van der Waals surface area contributed by atoms with Crippen LogP contribution < -0.4 is 0 Å². The molecule has 1 aromatic rings. The van der Waals surface area contributed by atoms with Crippen molar-refractivity contribution in [3.63, 3.8) is 0 Å². The van der Waals surface area contributed by atoms with E-state index in [1.165, 1.54) is 9.92 Å². The van der Waals surface area contributed by atoms with Crippen molar-refractivity contribution in [3.8, 4) is 0 Å². The molecule has 0 aromatic heterocycles. The Hall–Kier alpha value is -1.26. The van der Waals surface area contributed by atoms with E-state index in [4.69, 9.17) is 0 Å². The molecule has 0 saturated carbocycles. The third-order valence-electron chi connectivity index (χ3n) is 2.13. The molecule has 0 nitrogen and oxygen atoms in total. The van der Waals surface area contributed by atoms with Crippen LogP contribution >= 0.6 is 0 Å². The van der Waals surface area contributed by atoms with E-state index in [1.54, 1.807) is 0 Å². The first-order chi connectivity index (χ1) is 7.47. The van der Waals surface area contributed by atoms with Crippen molar-refractivity contribution in [2.75, 3.05) is 0 Å². The fourth-order valence-corrected chi connectivity index (χ4v) is 3.30. The number of rotatable bonds is 1. The van der Waals surface area contributed by atoms with Gasteiger partial charge in [-0.3, -0.25) is 0 Å². The number of allylic oxidation sites excluding steroid dienone is 6. The van der Waals surface area contributed by atoms with Gasteiger partial charge in [-0.1, -0.05) is 0 Å². The van der Waals surface area contributed by atoms with Gasteiger partial charge >= 0.3 is 97.3 Å². The van der Waals surface area contributed by atoms with Gasteiger partial charge in [0.05, 0.1) is 0 Å². The first kappa shape index (κ1) is 10.3. The Morgan fingerprint density at radius 3 is 2.33 bits per heavy atom. The Kier molecular flexibility index (Phi) is 3.82. The van der Waals surface area contributed by atoms with Gasteiger partial charge < -0.3 is 0 Å². The molecule has 0 aliphatic carbocycles. The second-order valence-electron chi connectivity index (χ2n) is 3.22. The molecule has 1 heterocycles. The maximum atomic E-state index is 2.31. The van der Waals surface area contributed by atoms with Gasteiger partial charge in [-0.05, 0) is 0 Å². The molecular formula is C14H13As. The minimum atomic E-state index is -0.151. The molecule has 0 N–H and O–H groups in total. The fourth-order valence-electron chi connectivity index (χ4n) is 1.38. The van der Waals surface area contributed by atoms with Gasteiger partial charge in [0, 0.05) is 0 Å². The minimum absolute atomic E-state index is 0.151. The van der Waals surface area contributed by atoms with Crippen molar-refractivity contribution >= 4 is 20.1 Å². The number of hydrogen-bond donors (Lipinski definition) is 0. The Bertz CT molecular complexity index is 422. The first-order valence-electron chi connectivity index (χ1n) is 4.99. The molecule has 1 aliphatic rings. The van der Waals surface area contributed by atoms with Crippen LogP contribution in [0.2, 0.25) is 0 Å². The van der Waals surface area contributed by atoms with E-state index in [9.17, 15) is 0 Å². The van der Waals surface area contributed by atoms with Crippen molar-refractivity contribution in [3.05, 3.63) is 77.2 Å². The molecule has 0 fully saturated rings. The molecule has 1 atom stereocenters. The molecule has 2 rings (SSSR count). The third-order valence-corrected chi connectivity index (χ3v) is 4.49. The van der Waals surface area contributed by atoms with Gasteiger partial charge in [-0.15, -0.1) is 0 Å². The van der Waals surface area contributed by atoms with E-state index < -0.39 is 0 Å². The van der Waals surface area contributed by atoms with Crippen LogP contribution in [0.1, 0.15) is 5.56 Å². The fraction of sp³-hybridized carbons (Fsp3) is 0. The Morgan fingerprint density at radius 2 is 1.47 bits per heavy atom. The average molecular weight is 256 g/mol. The number of benzene rings is 1. The summed E-state index contributed by atoms with van der Waals surface area (Å²) in [5.41, 5.74) is 1.36. The summed E-state index contributed by atoms with van der Waals surface area (Å²) in [5.74, 6) is 0. The molecule has 1 heteroatoms. The van der Waals surface area contributed by atoms with E-state index in [-0.39, 0.29) is 15.8 Å². The summed E-state index contributed by atoms with van der Waals surface area (Å²) in [6.45, 7) is 0. The molecule has 0 amide bonds. The summed E-state index contributed by atoms with van der Waals surface area (Å²) in [5, 5.41) is 0. The van der Waals surface area contributed by atoms with Gasteiger partial charge in [0.15, 0.2) is 0 Å². The van der Waals surface area contributed by atoms with Crippen LogP contribution in [0, 0.1) is 0 Å². The normalized spacial score (nSPS) is 16.9. The molecule has 1 unspecified atom stereocenters. The van der Waals surface area contributed by atoms with Crippen LogP contribution in [0.3, 0.4) is 0 Å². The van der Waals surface area contributed by atoms with Crippen molar-refractivity contribution in [1.29, 1.82) is 0 Å². The van der Waals surface area contributed by atoms with Gasteiger partial charge in [0.1, 0.15) is 0 Å². The zero-order valence-electron chi connectivity index (χ0n) is 8.43. The quantitative estimate of drug-likeness (QED) is 0.677. The van der Waals surface area contributed by atoms with E-state index in [1.807, 2.05) is 0 Å².